The van der Waals surface area contributed by atoms with E-state index in [1.54, 1.807) is 37.3 Å². The highest BCUT2D eigenvalue weighted by atomic mass is 19.4. The summed E-state index contributed by atoms with van der Waals surface area (Å²) in [6, 6.07) is 14.7. The number of aryl methyl sites for hydroxylation is 1. The van der Waals surface area contributed by atoms with Gasteiger partial charge in [0, 0.05) is 29.1 Å². The van der Waals surface area contributed by atoms with Crippen molar-refractivity contribution in [1.82, 2.24) is 4.57 Å². The summed E-state index contributed by atoms with van der Waals surface area (Å²) in [7, 11) is 0. The van der Waals surface area contributed by atoms with Gasteiger partial charge in [0.1, 0.15) is 12.4 Å². The molecule has 2 fully saturated rings. The van der Waals surface area contributed by atoms with E-state index in [0.717, 1.165) is 73.5 Å². The standard InChI is InChI=1S/C41H43F6NO3/c1-2-50-38(49)21-29-13-17-33-34-22-30(51-24-26-12-16-32(28-9-5-6-10-28)36(20-26)41(45,46)47)14-18-37(34)48(39(29)33)23-25-11-15-31(27-7-3-4-8-27)35(19-25)40(42,43)44/h11-12,14-16,18-20,22,27-29H,2-10,13,17,21,23-24H2,1H3. The molecule has 0 amide bonds. The van der Waals surface area contributed by atoms with E-state index in [-0.39, 0.29) is 49.9 Å². The maximum atomic E-state index is 14.4. The van der Waals surface area contributed by atoms with Crippen LogP contribution in [0.4, 0.5) is 26.3 Å². The molecule has 0 spiro atoms. The molecule has 7 rings (SSSR count). The molecular weight excluding hydrogens is 668 g/mol. The SMILES string of the molecule is CCOC(=O)CC1CCc2c1n(Cc1ccc(C3CCCC3)c(C(F)(F)F)c1)c1ccc(OCc3ccc(C4CCCC4)c(C(F)(F)F)c3)cc21. The van der Waals surface area contributed by atoms with Crippen molar-refractivity contribution in [2.75, 3.05) is 6.61 Å². The summed E-state index contributed by atoms with van der Waals surface area (Å²) < 4.78 is 98.9. The largest absolute Gasteiger partial charge is 0.489 e. The van der Waals surface area contributed by atoms with Gasteiger partial charge in [-0.1, -0.05) is 49.9 Å². The Labute approximate surface area is 294 Å². The monoisotopic (exact) mass is 711 g/mol. The van der Waals surface area contributed by atoms with Gasteiger partial charge < -0.3 is 14.0 Å². The minimum atomic E-state index is -4.48. The molecule has 0 radical (unpaired) electrons. The molecule has 1 heterocycles. The topological polar surface area (TPSA) is 40.5 Å². The Balaban J connectivity index is 1.21. The maximum absolute atomic E-state index is 14.4. The minimum absolute atomic E-state index is 0.0541. The number of rotatable bonds is 10. The number of alkyl halides is 6. The first-order chi connectivity index (χ1) is 24.4. The fraction of sp³-hybridized carbons (Fsp3) is 0.488. The molecule has 4 nitrogen and oxygen atoms in total. The number of nitrogens with zero attached hydrogens (tertiary/aromatic N) is 1. The molecule has 4 aromatic rings. The van der Waals surface area contributed by atoms with Crippen LogP contribution in [0.1, 0.15) is 134 Å². The number of benzene rings is 3. The number of carbonyl (C=O) groups is 1. The van der Waals surface area contributed by atoms with Gasteiger partial charge in [-0.2, -0.15) is 26.3 Å². The number of carbonyl (C=O) groups excluding carboxylic acids is 1. The summed E-state index contributed by atoms with van der Waals surface area (Å²) in [6.07, 6.45) is -0.660. The average molecular weight is 712 g/mol. The molecule has 0 aliphatic heterocycles. The Hall–Kier alpha value is -3.95. The lowest BCUT2D eigenvalue weighted by molar-refractivity contribution is -0.143. The molecule has 3 aliphatic carbocycles. The summed E-state index contributed by atoms with van der Waals surface area (Å²) in [4.78, 5) is 12.6. The van der Waals surface area contributed by atoms with Gasteiger partial charge in [0.25, 0.3) is 0 Å². The number of esters is 1. The number of hydrogen-bond acceptors (Lipinski definition) is 3. The van der Waals surface area contributed by atoms with Gasteiger partial charge in [0.15, 0.2) is 0 Å². The van der Waals surface area contributed by atoms with Gasteiger partial charge in [-0.25, -0.2) is 0 Å². The van der Waals surface area contributed by atoms with Gasteiger partial charge in [0.05, 0.1) is 24.2 Å². The lowest BCUT2D eigenvalue weighted by Gasteiger charge is -2.20. The summed E-state index contributed by atoms with van der Waals surface area (Å²) in [5, 5.41) is 0.861. The second-order valence-corrected chi connectivity index (χ2v) is 14.5. The normalized spacial score (nSPS) is 18.5. The van der Waals surface area contributed by atoms with Crippen LogP contribution in [0, 0.1) is 0 Å². The van der Waals surface area contributed by atoms with E-state index < -0.39 is 23.5 Å². The number of fused-ring (bicyclic) bond motifs is 3. The fourth-order valence-electron chi connectivity index (χ4n) is 8.91. The fourth-order valence-corrected chi connectivity index (χ4v) is 8.91. The Bertz CT molecular complexity index is 1900. The summed E-state index contributed by atoms with van der Waals surface area (Å²) in [5.41, 5.74) is 3.19. The highest BCUT2D eigenvalue weighted by Crippen LogP contribution is 2.46. The molecule has 3 aromatic carbocycles. The molecule has 1 atom stereocenters. The van der Waals surface area contributed by atoms with Crippen LogP contribution >= 0.6 is 0 Å². The summed E-state index contributed by atoms with van der Waals surface area (Å²) in [6.45, 7) is 2.13. The van der Waals surface area contributed by atoms with Crippen LogP contribution in [0.2, 0.25) is 0 Å². The van der Waals surface area contributed by atoms with Crippen LogP contribution in [-0.2, 0) is 41.5 Å². The first-order valence-electron chi connectivity index (χ1n) is 18.2. The third-order valence-corrected chi connectivity index (χ3v) is 11.2. The molecule has 2 saturated carbocycles. The van der Waals surface area contributed by atoms with Crippen molar-refractivity contribution in [3.8, 4) is 5.75 Å². The van der Waals surface area contributed by atoms with Gasteiger partial charge in [-0.15, -0.1) is 0 Å². The van der Waals surface area contributed by atoms with Crippen molar-refractivity contribution >= 4 is 16.9 Å². The molecule has 0 bridgehead atoms. The van der Waals surface area contributed by atoms with Gasteiger partial charge in [-0.05, 0) is 115 Å². The van der Waals surface area contributed by atoms with E-state index in [1.807, 2.05) is 16.7 Å². The average Bonchev–Trinajstić information content (AvgIpc) is 3.91. The third kappa shape index (κ3) is 7.38. The molecule has 0 N–H and O–H groups in total. The molecular formula is C41H43F6NO3. The Morgan fingerprint density at radius 2 is 1.35 bits per heavy atom. The van der Waals surface area contributed by atoms with Crippen LogP contribution in [0.5, 0.6) is 5.75 Å². The number of hydrogen-bond donors (Lipinski definition) is 0. The predicted octanol–water partition coefficient (Wildman–Crippen LogP) is 11.6. The quantitative estimate of drug-likeness (QED) is 0.121. The van der Waals surface area contributed by atoms with Crippen LogP contribution in [0.3, 0.4) is 0 Å². The van der Waals surface area contributed by atoms with Crippen molar-refractivity contribution in [1.29, 1.82) is 0 Å². The highest BCUT2D eigenvalue weighted by Gasteiger charge is 2.38. The van der Waals surface area contributed by atoms with E-state index in [4.69, 9.17) is 9.47 Å². The third-order valence-electron chi connectivity index (χ3n) is 11.2. The summed E-state index contributed by atoms with van der Waals surface area (Å²) in [5.74, 6) is -0.193. The minimum Gasteiger partial charge on any atom is -0.489 e. The smallest absolute Gasteiger partial charge is 0.416 e. The highest BCUT2D eigenvalue weighted by molar-refractivity contribution is 5.88. The molecule has 1 unspecified atom stereocenters. The number of halogens is 6. The summed E-state index contributed by atoms with van der Waals surface area (Å²) >= 11 is 0. The molecule has 1 aromatic heterocycles. The lowest BCUT2D eigenvalue weighted by Crippen LogP contribution is -2.15. The first kappa shape index (κ1) is 35.5. The number of aromatic nitrogens is 1. The van der Waals surface area contributed by atoms with Gasteiger partial charge in [-0.3, -0.25) is 4.79 Å². The molecule has 3 aliphatic rings. The molecule has 0 saturated heterocycles. The zero-order chi connectivity index (χ0) is 35.9. The van der Waals surface area contributed by atoms with Crippen LogP contribution in [0.15, 0.2) is 54.6 Å². The van der Waals surface area contributed by atoms with Crippen molar-refractivity contribution in [2.45, 2.75) is 121 Å². The first-order valence-corrected chi connectivity index (χ1v) is 18.2. The Kier molecular flexibility index (Phi) is 9.89. The van der Waals surface area contributed by atoms with E-state index in [1.165, 1.54) is 12.1 Å². The zero-order valence-electron chi connectivity index (χ0n) is 28.8. The van der Waals surface area contributed by atoms with Crippen molar-refractivity contribution in [3.05, 3.63) is 99.2 Å². The van der Waals surface area contributed by atoms with Crippen LogP contribution < -0.4 is 4.74 Å². The molecule has 51 heavy (non-hydrogen) atoms. The van der Waals surface area contributed by atoms with E-state index in [9.17, 15) is 31.1 Å². The molecule has 10 heteroatoms. The van der Waals surface area contributed by atoms with Crippen LogP contribution in [0.25, 0.3) is 10.9 Å². The van der Waals surface area contributed by atoms with Gasteiger partial charge >= 0.3 is 18.3 Å². The predicted molar refractivity (Wildman–Crippen MR) is 183 cm³/mol. The van der Waals surface area contributed by atoms with E-state index in [2.05, 4.69) is 0 Å². The van der Waals surface area contributed by atoms with Gasteiger partial charge in [0.2, 0.25) is 0 Å². The van der Waals surface area contributed by atoms with Crippen molar-refractivity contribution in [2.24, 2.45) is 0 Å². The second-order valence-electron chi connectivity index (χ2n) is 14.5. The Morgan fingerprint density at radius 1 is 0.765 bits per heavy atom. The maximum Gasteiger partial charge on any atom is 0.416 e. The van der Waals surface area contributed by atoms with Crippen molar-refractivity contribution < 1.29 is 40.6 Å². The second kappa shape index (κ2) is 14.2. The molecule has 272 valence electrons. The van der Waals surface area contributed by atoms with Crippen molar-refractivity contribution in [3.63, 3.8) is 0 Å². The lowest BCUT2D eigenvalue weighted by atomic mass is 9.91. The van der Waals surface area contributed by atoms with E-state index in [0.29, 0.717) is 40.8 Å². The zero-order valence-corrected chi connectivity index (χ0v) is 28.8. The van der Waals surface area contributed by atoms with Crippen LogP contribution in [-0.4, -0.2) is 17.1 Å². The Morgan fingerprint density at radius 3 is 1.94 bits per heavy atom. The number of ether oxygens (including phenoxy) is 2. The van der Waals surface area contributed by atoms with E-state index >= 15 is 0 Å².